The maximum absolute atomic E-state index is 12.9. The van der Waals surface area contributed by atoms with E-state index in [1.165, 1.54) is 0 Å². The van der Waals surface area contributed by atoms with Crippen LogP contribution in [0.5, 0.6) is 0 Å². The van der Waals surface area contributed by atoms with Crippen LogP contribution in [0.1, 0.15) is 65.7 Å². The van der Waals surface area contributed by atoms with Gasteiger partial charge in [0.15, 0.2) is 11.6 Å². The molecule has 3 nitrogen and oxygen atoms in total. The lowest BCUT2D eigenvalue weighted by atomic mass is 9.46. The van der Waals surface area contributed by atoms with E-state index in [1.54, 1.807) is 13.0 Å². The summed E-state index contributed by atoms with van der Waals surface area (Å²) in [6.45, 7) is 6.26. The minimum absolute atomic E-state index is 0.0787. The number of rotatable bonds is 1. The molecule has 0 N–H and O–H groups in total. The first-order valence-corrected chi connectivity index (χ1v) is 9.56. The van der Waals surface area contributed by atoms with E-state index in [2.05, 4.69) is 13.8 Å². The Kier molecular flexibility index (Phi) is 3.47. The molecular formula is C21H28O3. The molecule has 4 aliphatic rings. The van der Waals surface area contributed by atoms with Crippen LogP contribution in [0.25, 0.3) is 0 Å². The van der Waals surface area contributed by atoms with Crippen molar-refractivity contribution >= 4 is 17.3 Å². The first-order valence-electron chi connectivity index (χ1n) is 9.56. The summed E-state index contributed by atoms with van der Waals surface area (Å²) in [6, 6.07) is 0. The average Bonchev–Trinajstić information content (AvgIpc) is 2.87. The van der Waals surface area contributed by atoms with Crippen LogP contribution in [-0.4, -0.2) is 17.3 Å². The summed E-state index contributed by atoms with van der Waals surface area (Å²) in [5, 5.41) is 0. The van der Waals surface area contributed by atoms with Crippen molar-refractivity contribution in [1.29, 1.82) is 0 Å². The van der Waals surface area contributed by atoms with E-state index in [0.717, 1.165) is 37.7 Å². The van der Waals surface area contributed by atoms with E-state index < -0.39 is 0 Å². The lowest BCUT2D eigenvalue weighted by Gasteiger charge is -2.57. The van der Waals surface area contributed by atoms with Crippen LogP contribution in [0.3, 0.4) is 0 Å². The zero-order chi connectivity index (χ0) is 17.3. The number of carbonyl (C=O) groups excluding carboxylic acids is 3. The fraction of sp³-hybridized carbons (Fsp3) is 0.762. The van der Waals surface area contributed by atoms with E-state index in [9.17, 15) is 14.4 Å². The molecule has 0 bridgehead atoms. The SMILES string of the molecule is CC(=O)[C@@H]1CC[C@H]2[C@H]3CC(=O)C4=CC(=O)CC[C@@]4(C)[C@@H]3CC[C@]12C. The molecule has 0 saturated heterocycles. The summed E-state index contributed by atoms with van der Waals surface area (Å²) >= 11 is 0. The van der Waals surface area contributed by atoms with Gasteiger partial charge in [-0.05, 0) is 73.7 Å². The highest BCUT2D eigenvalue weighted by Crippen LogP contribution is 2.66. The molecule has 0 unspecified atom stereocenters. The summed E-state index contributed by atoms with van der Waals surface area (Å²) in [4.78, 5) is 36.9. The van der Waals surface area contributed by atoms with Gasteiger partial charge in [0.05, 0.1) is 0 Å². The second-order valence-electron chi connectivity index (χ2n) is 9.23. The molecule has 4 aliphatic carbocycles. The van der Waals surface area contributed by atoms with Gasteiger partial charge in [0, 0.05) is 24.3 Å². The minimum Gasteiger partial charge on any atom is -0.300 e. The van der Waals surface area contributed by atoms with E-state index in [1.807, 2.05) is 0 Å². The molecule has 4 rings (SSSR count). The largest absolute Gasteiger partial charge is 0.300 e. The molecule has 130 valence electrons. The molecule has 24 heavy (non-hydrogen) atoms. The van der Waals surface area contributed by atoms with E-state index in [-0.39, 0.29) is 28.3 Å². The van der Waals surface area contributed by atoms with Crippen LogP contribution < -0.4 is 0 Å². The molecular weight excluding hydrogens is 300 g/mol. The maximum Gasteiger partial charge on any atom is 0.159 e. The fourth-order valence-electron chi connectivity index (χ4n) is 7.05. The summed E-state index contributed by atoms with van der Waals surface area (Å²) < 4.78 is 0. The predicted molar refractivity (Wildman–Crippen MR) is 91.3 cm³/mol. The fourth-order valence-corrected chi connectivity index (χ4v) is 7.05. The average molecular weight is 328 g/mol. The Morgan fingerprint density at radius 3 is 2.54 bits per heavy atom. The minimum atomic E-state index is -0.121. The van der Waals surface area contributed by atoms with Gasteiger partial charge in [-0.2, -0.15) is 0 Å². The second kappa shape index (κ2) is 5.12. The molecule has 3 heteroatoms. The zero-order valence-corrected chi connectivity index (χ0v) is 15.1. The standard InChI is InChI=1S/C21H28O3/c1-12(22)15-4-5-16-14-11-19(24)18-10-13(23)6-8-21(18,3)17(14)7-9-20(15,16)2/h10,14-17H,4-9,11H2,1-3H3/t14-,15+,16+,17-,20-,21+/m1/s1. The van der Waals surface area contributed by atoms with Gasteiger partial charge in [0.1, 0.15) is 5.78 Å². The van der Waals surface area contributed by atoms with Gasteiger partial charge in [-0.3, -0.25) is 14.4 Å². The quantitative estimate of drug-likeness (QED) is 0.733. The molecule has 3 saturated carbocycles. The highest BCUT2D eigenvalue weighted by atomic mass is 16.1. The van der Waals surface area contributed by atoms with Gasteiger partial charge < -0.3 is 0 Å². The monoisotopic (exact) mass is 328 g/mol. The Balaban J connectivity index is 1.72. The summed E-state index contributed by atoms with van der Waals surface area (Å²) in [5.41, 5.74) is 0.767. The van der Waals surface area contributed by atoms with E-state index >= 15 is 0 Å². The Morgan fingerprint density at radius 2 is 1.83 bits per heavy atom. The first kappa shape index (κ1) is 16.2. The highest BCUT2D eigenvalue weighted by molar-refractivity contribution is 6.05. The van der Waals surface area contributed by atoms with Gasteiger partial charge in [0.25, 0.3) is 0 Å². The van der Waals surface area contributed by atoms with Crippen molar-refractivity contribution < 1.29 is 14.4 Å². The first-order chi connectivity index (χ1) is 11.3. The lowest BCUT2D eigenvalue weighted by Crippen LogP contribution is -2.53. The zero-order valence-electron chi connectivity index (χ0n) is 15.1. The number of ketones is 3. The molecule has 3 fully saturated rings. The number of hydrogen-bond donors (Lipinski definition) is 0. The van der Waals surface area contributed by atoms with Gasteiger partial charge in [-0.15, -0.1) is 0 Å². The summed E-state index contributed by atoms with van der Waals surface area (Å²) in [6.07, 6.45) is 7.91. The third kappa shape index (κ3) is 1.99. The van der Waals surface area contributed by atoms with Crippen molar-refractivity contribution in [1.82, 2.24) is 0 Å². The Morgan fingerprint density at radius 1 is 1.08 bits per heavy atom. The Bertz CT molecular complexity index is 660. The van der Waals surface area contributed by atoms with Crippen molar-refractivity contribution in [2.45, 2.75) is 65.7 Å². The van der Waals surface area contributed by atoms with Crippen molar-refractivity contribution in [3.05, 3.63) is 11.6 Å². The number of hydrogen-bond acceptors (Lipinski definition) is 3. The molecule has 0 aromatic heterocycles. The van der Waals surface area contributed by atoms with Crippen LogP contribution in [0.4, 0.5) is 0 Å². The Hall–Kier alpha value is -1.25. The van der Waals surface area contributed by atoms with Crippen LogP contribution in [0, 0.1) is 34.5 Å². The molecule has 6 atom stereocenters. The molecule has 0 spiro atoms. The van der Waals surface area contributed by atoms with Crippen molar-refractivity contribution in [2.75, 3.05) is 0 Å². The van der Waals surface area contributed by atoms with Crippen LogP contribution >= 0.6 is 0 Å². The van der Waals surface area contributed by atoms with E-state index in [4.69, 9.17) is 0 Å². The summed E-state index contributed by atoms with van der Waals surface area (Å²) in [7, 11) is 0. The molecule has 0 radical (unpaired) electrons. The predicted octanol–water partition coefficient (Wildman–Crippen LogP) is 3.90. The molecule has 0 aliphatic heterocycles. The second-order valence-corrected chi connectivity index (χ2v) is 9.23. The van der Waals surface area contributed by atoms with Crippen molar-refractivity contribution in [2.24, 2.45) is 34.5 Å². The Labute approximate surface area is 144 Å². The molecule has 0 aromatic carbocycles. The number of Topliss-reactive ketones (excluding diaryl/α,β-unsaturated/α-hetero) is 2. The number of carbonyl (C=O) groups is 3. The van der Waals surface area contributed by atoms with Crippen LogP contribution in [0.15, 0.2) is 11.6 Å². The smallest absolute Gasteiger partial charge is 0.159 e. The maximum atomic E-state index is 12.9. The molecule has 0 amide bonds. The number of allylic oxidation sites excluding steroid dienone is 1. The topological polar surface area (TPSA) is 51.2 Å². The highest BCUT2D eigenvalue weighted by Gasteiger charge is 2.61. The number of fused-ring (bicyclic) bond motifs is 5. The van der Waals surface area contributed by atoms with E-state index in [0.29, 0.717) is 36.4 Å². The lowest BCUT2D eigenvalue weighted by molar-refractivity contribution is -0.134. The molecule has 0 aromatic rings. The van der Waals surface area contributed by atoms with Gasteiger partial charge in [-0.1, -0.05) is 13.8 Å². The summed E-state index contributed by atoms with van der Waals surface area (Å²) in [5.74, 6) is 2.21. The third-order valence-corrected chi connectivity index (χ3v) is 8.28. The van der Waals surface area contributed by atoms with Gasteiger partial charge >= 0.3 is 0 Å². The normalized spacial score (nSPS) is 47.5. The van der Waals surface area contributed by atoms with Crippen molar-refractivity contribution in [3.63, 3.8) is 0 Å². The van der Waals surface area contributed by atoms with Gasteiger partial charge in [-0.25, -0.2) is 0 Å². The van der Waals surface area contributed by atoms with Crippen LogP contribution in [-0.2, 0) is 14.4 Å². The van der Waals surface area contributed by atoms with Crippen molar-refractivity contribution in [3.8, 4) is 0 Å². The van der Waals surface area contributed by atoms with Crippen LogP contribution in [0.2, 0.25) is 0 Å². The van der Waals surface area contributed by atoms with Gasteiger partial charge in [0.2, 0.25) is 0 Å². The third-order valence-electron chi connectivity index (χ3n) is 8.28. The molecule has 0 heterocycles.